The third-order valence-corrected chi connectivity index (χ3v) is 2.91. The van der Waals surface area contributed by atoms with Gasteiger partial charge in [0.25, 0.3) is 0 Å². The highest BCUT2D eigenvalue weighted by Gasteiger charge is 2.13. The van der Waals surface area contributed by atoms with Crippen molar-refractivity contribution in [3.8, 4) is 0 Å². The maximum Gasteiger partial charge on any atom is 0.231 e. The molecule has 0 bridgehead atoms. The lowest BCUT2D eigenvalue weighted by Crippen LogP contribution is -2.33. The third kappa shape index (κ3) is 3.79. The van der Waals surface area contributed by atoms with E-state index in [2.05, 4.69) is 10.1 Å². The average Bonchev–Trinajstić information content (AvgIpc) is 2.74. The van der Waals surface area contributed by atoms with E-state index >= 15 is 0 Å². The maximum atomic E-state index is 11.2. The average molecular weight is 274 g/mol. The summed E-state index contributed by atoms with van der Waals surface area (Å²) in [5.74, 6) is 0.395. The van der Waals surface area contributed by atoms with E-state index in [4.69, 9.17) is 11.5 Å². The number of benzene rings is 1. The zero-order chi connectivity index (χ0) is 14.5. The Balaban J connectivity index is 2.11. The van der Waals surface area contributed by atoms with Gasteiger partial charge in [0, 0.05) is 19.3 Å². The minimum Gasteiger partial charge on any atom is -0.399 e. The summed E-state index contributed by atoms with van der Waals surface area (Å²) in [4.78, 5) is 17.3. The molecule has 0 unspecified atom stereocenters. The first-order valence-corrected chi connectivity index (χ1v) is 6.22. The van der Waals surface area contributed by atoms with Gasteiger partial charge in [0.1, 0.15) is 12.2 Å². The molecule has 4 N–H and O–H groups in total. The van der Waals surface area contributed by atoms with E-state index in [1.165, 1.54) is 6.33 Å². The lowest BCUT2D eigenvalue weighted by molar-refractivity contribution is -0.119. The molecule has 0 saturated heterocycles. The first-order chi connectivity index (χ1) is 9.54. The summed E-state index contributed by atoms with van der Waals surface area (Å²) in [6.07, 6.45) is 1.48. The summed E-state index contributed by atoms with van der Waals surface area (Å²) in [6.45, 7) is 1.22. The number of amides is 1. The van der Waals surface area contributed by atoms with Crippen molar-refractivity contribution < 1.29 is 4.79 Å². The van der Waals surface area contributed by atoms with Crippen LogP contribution in [-0.2, 0) is 24.9 Å². The van der Waals surface area contributed by atoms with Crippen molar-refractivity contribution in [1.29, 1.82) is 0 Å². The van der Waals surface area contributed by atoms with Gasteiger partial charge in [-0.1, -0.05) is 12.1 Å². The van der Waals surface area contributed by atoms with Crippen molar-refractivity contribution in [3.05, 3.63) is 42.0 Å². The topological polar surface area (TPSA) is 103 Å². The predicted molar refractivity (Wildman–Crippen MR) is 75.2 cm³/mol. The molecule has 7 nitrogen and oxygen atoms in total. The molecule has 2 aromatic rings. The smallest absolute Gasteiger partial charge is 0.231 e. The standard InChI is InChI=1S/C13H18N6O/c1-18-13(16-9-17-18)8-19(7-12(15)20)6-10-3-2-4-11(14)5-10/h2-5,9H,6-8,14H2,1H3,(H2,15,20). The van der Waals surface area contributed by atoms with Crippen LogP contribution < -0.4 is 11.5 Å². The lowest BCUT2D eigenvalue weighted by Gasteiger charge is -2.20. The van der Waals surface area contributed by atoms with Crippen LogP contribution in [0.3, 0.4) is 0 Å². The van der Waals surface area contributed by atoms with Crippen LogP contribution in [0.25, 0.3) is 0 Å². The highest BCUT2D eigenvalue weighted by Crippen LogP contribution is 2.11. The van der Waals surface area contributed by atoms with E-state index in [-0.39, 0.29) is 12.5 Å². The van der Waals surface area contributed by atoms with Gasteiger partial charge < -0.3 is 11.5 Å². The zero-order valence-corrected chi connectivity index (χ0v) is 11.4. The van der Waals surface area contributed by atoms with E-state index in [0.717, 1.165) is 11.4 Å². The molecule has 7 heteroatoms. The van der Waals surface area contributed by atoms with E-state index in [9.17, 15) is 4.79 Å². The van der Waals surface area contributed by atoms with Crippen molar-refractivity contribution in [1.82, 2.24) is 19.7 Å². The molecule has 0 radical (unpaired) electrons. The minimum atomic E-state index is -0.379. The van der Waals surface area contributed by atoms with E-state index in [0.29, 0.717) is 18.8 Å². The maximum absolute atomic E-state index is 11.2. The normalized spacial score (nSPS) is 10.9. The van der Waals surface area contributed by atoms with Gasteiger partial charge in [0.05, 0.1) is 13.1 Å². The number of carbonyl (C=O) groups excluding carboxylic acids is 1. The quantitative estimate of drug-likeness (QED) is 0.715. The molecule has 0 atom stereocenters. The van der Waals surface area contributed by atoms with Crippen LogP contribution in [0.2, 0.25) is 0 Å². The first-order valence-electron chi connectivity index (χ1n) is 6.22. The second kappa shape index (κ2) is 6.16. The summed E-state index contributed by atoms with van der Waals surface area (Å²) >= 11 is 0. The molecule has 20 heavy (non-hydrogen) atoms. The molecule has 0 fully saturated rings. The molecule has 2 rings (SSSR count). The van der Waals surface area contributed by atoms with Crippen molar-refractivity contribution in [2.75, 3.05) is 12.3 Å². The number of anilines is 1. The largest absolute Gasteiger partial charge is 0.399 e. The van der Waals surface area contributed by atoms with Gasteiger partial charge >= 0.3 is 0 Å². The molecule has 0 spiro atoms. The predicted octanol–water partition coefficient (Wildman–Crippen LogP) is -0.115. The van der Waals surface area contributed by atoms with Crippen LogP contribution in [0, 0.1) is 0 Å². The van der Waals surface area contributed by atoms with E-state index in [1.807, 2.05) is 36.2 Å². The Morgan fingerprint density at radius 2 is 2.20 bits per heavy atom. The molecule has 0 saturated carbocycles. The fourth-order valence-corrected chi connectivity index (χ4v) is 2.00. The number of nitrogens with zero attached hydrogens (tertiary/aromatic N) is 4. The number of carbonyl (C=O) groups is 1. The van der Waals surface area contributed by atoms with Gasteiger partial charge in [-0.2, -0.15) is 5.10 Å². The Morgan fingerprint density at radius 3 is 2.80 bits per heavy atom. The van der Waals surface area contributed by atoms with Crippen molar-refractivity contribution in [2.24, 2.45) is 12.8 Å². The second-order valence-electron chi connectivity index (χ2n) is 4.66. The van der Waals surface area contributed by atoms with Crippen molar-refractivity contribution >= 4 is 11.6 Å². The number of rotatable bonds is 6. The fourth-order valence-electron chi connectivity index (χ4n) is 2.00. The molecule has 1 amide bonds. The Bertz CT molecular complexity index is 594. The number of nitrogen functional groups attached to an aromatic ring is 1. The summed E-state index contributed by atoms with van der Waals surface area (Å²) in [7, 11) is 1.81. The number of aryl methyl sites for hydroxylation is 1. The number of hydrogen-bond acceptors (Lipinski definition) is 5. The first kappa shape index (κ1) is 14.0. The Labute approximate surface area is 117 Å². The summed E-state index contributed by atoms with van der Waals surface area (Å²) in [5.41, 5.74) is 12.8. The summed E-state index contributed by atoms with van der Waals surface area (Å²) in [6, 6.07) is 7.55. The molecule has 0 aliphatic heterocycles. The Hall–Kier alpha value is -2.41. The molecule has 106 valence electrons. The van der Waals surface area contributed by atoms with E-state index < -0.39 is 0 Å². The SMILES string of the molecule is Cn1ncnc1CN(CC(N)=O)Cc1cccc(N)c1. The summed E-state index contributed by atoms with van der Waals surface area (Å²) in [5, 5.41) is 4.01. The van der Waals surface area contributed by atoms with Crippen LogP contribution >= 0.6 is 0 Å². The highest BCUT2D eigenvalue weighted by atomic mass is 16.1. The van der Waals surface area contributed by atoms with Crippen LogP contribution in [0.15, 0.2) is 30.6 Å². The lowest BCUT2D eigenvalue weighted by atomic mass is 10.2. The van der Waals surface area contributed by atoms with Crippen LogP contribution in [0.5, 0.6) is 0 Å². The molecular weight excluding hydrogens is 256 g/mol. The van der Waals surface area contributed by atoms with Gasteiger partial charge in [-0.05, 0) is 17.7 Å². The van der Waals surface area contributed by atoms with Gasteiger partial charge in [-0.3, -0.25) is 14.4 Å². The van der Waals surface area contributed by atoms with Crippen molar-refractivity contribution in [3.63, 3.8) is 0 Å². The highest BCUT2D eigenvalue weighted by molar-refractivity contribution is 5.75. The van der Waals surface area contributed by atoms with Gasteiger partial charge in [0.2, 0.25) is 5.91 Å². The van der Waals surface area contributed by atoms with Crippen LogP contribution in [0.4, 0.5) is 5.69 Å². The number of aromatic nitrogens is 3. The Morgan fingerprint density at radius 1 is 1.40 bits per heavy atom. The van der Waals surface area contributed by atoms with Crippen LogP contribution in [0.1, 0.15) is 11.4 Å². The monoisotopic (exact) mass is 274 g/mol. The molecule has 0 aliphatic carbocycles. The van der Waals surface area contributed by atoms with Gasteiger partial charge in [-0.25, -0.2) is 4.98 Å². The number of nitrogens with two attached hydrogens (primary N) is 2. The molecule has 0 aliphatic rings. The summed E-state index contributed by atoms with van der Waals surface area (Å²) < 4.78 is 1.67. The Kier molecular flexibility index (Phi) is 4.31. The zero-order valence-electron chi connectivity index (χ0n) is 11.4. The minimum absolute atomic E-state index is 0.154. The molecule has 1 aromatic heterocycles. The second-order valence-corrected chi connectivity index (χ2v) is 4.66. The molecule has 1 heterocycles. The third-order valence-electron chi connectivity index (χ3n) is 2.91. The number of primary amides is 1. The molecular formula is C13H18N6O. The van der Waals surface area contributed by atoms with Gasteiger partial charge in [0.15, 0.2) is 0 Å². The fraction of sp³-hybridized carbons (Fsp3) is 0.308. The molecule has 1 aromatic carbocycles. The number of hydrogen-bond donors (Lipinski definition) is 2. The van der Waals surface area contributed by atoms with Crippen molar-refractivity contribution in [2.45, 2.75) is 13.1 Å². The van der Waals surface area contributed by atoms with Gasteiger partial charge in [-0.15, -0.1) is 0 Å². The van der Waals surface area contributed by atoms with E-state index in [1.54, 1.807) is 4.68 Å². The van der Waals surface area contributed by atoms with Crippen LogP contribution in [-0.4, -0.2) is 32.1 Å².